The molecule has 0 amide bonds. The third-order valence-electron chi connectivity index (χ3n) is 3.08. The number of fused-ring (bicyclic) bond motifs is 1. The van der Waals surface area contributed by atoms with Gasteiger partial charge in [-0.15, -0.1) is 3.89 Å². The van der Waals surface area contributed by atoms with Crippen molar-refractivity contribution in [2.24, 2.45) is 0 Å². The van der Waals surface area contributed by atoms with Crippen LogP contribution in [0.4, 0.5) is 3.89 Å². The Labute approximate surface area is 89.3 Å². The Hall–Kier alpha value is -0.900. The fourth-order valence-corrected chi connectivity index (χ4v) is 3.19. The van der Waals surface area contributed by atoms with Gasteiger partial charge in [0.25, 0.3) is 0 Å². The van der Waals surface area contributed by atoms with Gasteiger partial charge in [0.1, 0.15) is 5.25 Å². The van der Waals surface area contributed by atoms with Crippen molar-refractivity contribution in [3.05, 3.63) is 35.4 Å². The van der Waals surface area contributed by atoms with Gasteiger partial charge in [-0.05, 0) is 29.9 Å². The lowest BCUT2D eigenvalue weighted by molar-refractivity contribution is 0.502. The maximum absolute atomic E-state index is 13.1. The number of halogens is 1. The predicted octanol–water partition coefficient (Wildman–Crippen LogP) is 2.92. The number of benzene rings is 1. The number of hydrogen-bond acceptors (Lipinski definition) is 2. The van der Waals surface area contributed by atoms with E-state index < -0.39 is 15.5 Å². The molecule has 0 aromatic heterocycles. The Morgan fingerprint density at radius 1 is 1.20 bits per heavy atom. The summed E-state index contributed by atoms with van der Waals surface area (Å²) in [6.45, 7) is 2.04. The van der Waals surface area contributed by atoms with Crippen LogP contribution in [-0.4, -0.2) is 8.42 Å². The molecule has 2 unspecified atom stereocenters. The SMILES string of the molecule is CC1CCC(S(=O)(=O)F)c2ccccc21. The van der Waals surface area contributed by atoms with Crippen LogP contribution in [0.5, 0.6) is 0 Å². The number of rotatable bonds is 1. The van der Waals surface area contributed by atoms with Crippen molar-refractivity contribution < 1.29 is 12.3 Å². The van der Waals surface area contributed by atoms with Crippen molar-refractivity contribution >= 4 is 10.2 Å². The first kappa shape index (κ1) is 10.6. The minimum absolute atomic E-state index is 0.319. The fourth-order valence-electron chi connectivity index (χ4n) is 2.26. The molecule has 4 heteroatoms. The molecule has 1 aromatic rings. The van der Waals surface area contributed by atoms with E-state index in [9.17, 15) is 12.3 Å². The predicted molar refractivity (Wildman–Crippen MR) is 56.9 cm³/mol. The van der Waals surface area contributed by atoms with Crippen molar-refractivity contribution in [2.45, 2.75) is 30.9 Å². The zero-order valence-electron chi connectivity index (χ0n) is 8.48. The van der Waals surface area contributed by atoms with E-state index in [1.165, 1.54) is 0 Å². The summed E-state index contributed by atoms with van der Waals surface area (Å²) in [4.78, 5) is 0. The van der Waals surface area contributed by atoms with Crippen LogP contribution in [0, 0.1) is 0 Å². The summed E-state index contributed by atoms with van der Waals surface area (Å²) < 4.78 is 35.0. The highest BCUT2D eigenvalue weighted by Gasteiger charge is 2.33. The van der Waals surface area contributed by atoms with E-state index in [1.54, 1.807) is 12.1 Å². The molecule has 2 rings (SSSR count). The Bertz CT molecular complexity index is 467. The average Bonchev–Trinajstić information content (AvgIpc) is 2.17. The molecular weight excluding hydrogens is 215 g/mol. The topological polar surface area (TPSA) is 34.1 Å². The van der Waals surface area contributed by atoms with Gasteiger partial charge >= 0.3 is 10.2 Å². The van der Waals surface area contributed by atoms with Crippen LogP contribution in [0.2, 0.25) is 0 Å². The molecular formula is C11H13FO2S. The van der Waals surface area contributed by atoms with Gasteiger partial charge in [0.15, 0.2) is 0 Å². The van der Waals surface area contributed by atoms with Crippen LogP contribution in [0.15, 0.2) is 24.3 Å². The molecule has 2 atom stereocenters. The van der Waals surface area contributed by atoms with E-state index in [1.807, 2.05) is 19.1 Å². The smallest absolute Gasteiger partial charge is 0.194 e. The largest absolute Gasteiger partial charge is 0.309 e. The Balaban J connectivity index is 2.54. The summed E-state index contributed by atoms with van der Waals surface area (Å²) >= 11 is 0. The monoisotopic (exact) mass is 228 g/mol. The van der Waals surface area contributed by atoms with E-state index in [2.05, 4.69) is 0 Å². The molecule has 0 spiro atoms. The molecule has 0 N–H and O–H groups in total. The Morgan fingerprint density at radius 2 is 1.80 bits per heavy atom. The lowest BCUT2D eigenvalue weighted by Crippen LogP contribution is -2.17. The second-order valence-electron chi connectivity index (χ2n) is 4.07. The summed E-state index contributed by atoms with van der Waals surface area (Å²) in [5, 5.41) is -0.954. The highest BCUT2D eigenvalue weighted by atomic mass is 32.3. The highest BCUT2D eigenvalue weighted by molar-refractivity contribution is 7.86. The van der Waals surface area contributed by atoms with Gasteiger partial charge in [-0.2, -0.15) is 8.42 Å². The van der Waals surface area contributed by atoms with Gasteiger partial charge in [-0.3, -0.25) is 0 Å². The van der Waals surface area contributed by atoms with Gasteiger partial charge in [-0.25, -0.2) is 0 Å². The standard InChI is InChI=1S/C11H13FO2S/c1-8-6-7-11(15(12,13)14)10-5-3-2-4-9(8)10/h2-5,8,11H,6-7H2,1H3. The maximum atomic E-state index is 13.1. The minimum Gasteiger partial charge on any atom is -0.194 e. The molecule has 0 heterocycles. The zero-order valence-corrected chi connectivity index (χ0v) is 9.30. The molecule has 1 aromatic carbocycles. The summed E-state index contributed by atoms with van der Waals surface area (Å²) in [6.07, 6.45) is 1.11. The molecule has 82 valence electrons. The summed E-state index contributed by atoms with van der Waals surface area (Å²) in [5.41, 5.74) is 1.61. The third kappa shape index (κ3) is 1.91. The molecule has 1 aliphatic carbocycles. The normalized spacial score (nSPS) is 26.0. The van der Waals surface area contributed by atoms with E-state index in [-0.39, 0.29) is 0 Å². The number of hydrogen-bond donors (Lipinski definition) is 0. The van der Waals surface area contributed by atoms with Crippen LogP contribution < -0.4 is 0 Å². The molecule has 0 bridgehead atoms. The second kappa shape index (κ2) is 3.59. The first-order chi connectivity index (χ1) is 7.00. The van der Waals surface area contributed by atoms with Gasteiger partial charge in [0.2, 0.25) is 0 Å². The molecule has 0 aliphatic heterocycles. The van der Waals surface area contributed by atoms with Gasteiger partial charge in [0, 0.05) is 0 Å². The fraction of sp³-hybridized carbons (Fsp3) is 0.455. The lowest BCUT2D eigenvalue weighted by atomic mass is 9.84. The van der Waals surface area contributed by atoms with E-state index in [4.69, 9.17) is 0 Å². The molecule has 0 saturated carbocycles. The second-order valence-corrected chi connectivity index (χ2v) is 5.59. The summed E-state index contributed by atoms with van der Waals surface area (Å²) in [5.74, 6) is 0.319. The van der Waals surface area contributed by atoms with Crippen LogP contribution in [0.3, 0.4) is 0 Å². The highest BCUT2D eigenvalue weighted by Crippen LogP contribution is 2.41. The van der Waals surface area contributed by atoms with Crippen LogP contribution in [0.1, 0.15) is 42.1 Å². The van der Waals surface area contributed by atoms with E-state index in [0.717, 1.165) is 12.0 Å². The quantitative estimate of drug-likeness (QED) is 0.692. The third-order valence-corrected chi connectivity index (χ3v) is 4.24. The van der Waals surface area contributed by atoms with Gasteiger partial charge in [-0.1, -0.05) is 31.2 Å². The van der Waals surface area contributed by atoms with Gasteiger partial charge < -0.3 is 0 Å². The van der Waals surface area contributed by atoms with Gasteiger partial charge in [0.05, 0.1) is 0 Å². The van der Waals surface area contributed by atoms with Crippen molar-refractivity contribution in [3.63, 3.8) is 0 Å². The van der Waals surface area contributed by atoms with Crippen molar-refractivity contribution in [1.29, 1.82) is 0 Å². The van der Waals surface area contributed by atoms with Crippen LogP contribution in [0.25, 0.3) is 0 Å². The maximum Gasteiger partial charge on any atom is 0.309 e. The van der Waals surface area contributed by atoms with E-state index >= 15 is 0 Å². The van der Waals surface area contributed by atoms with Crippen LogP contribution >= 0.6 is 0 Å². The Morgan fingerprint density at radius 3 is 2.40 bits per heavy atom. The first-order valence-electron chi connectivity index (χ1n) is 5.02. The summed E-state index contributed by atoms with van der Waals surface area (Å²) in [7, 11) is -4.46. The average molecular weight is 228 g/mol. The van der Waals surface area contributed by atoms with Crippen molar-refractivity contribution in [1.82, 2.24) is 0 Å². The summed E-state index contributed by atoms with van der Waals surface area (Å²) in [6, 6.07) is 7.22. The Kier molecular flexibility index (Phi) is 2.54. The minimum atomic E-state index is -4.46. The van der Waals surface area contributed by atoms with E-state index in [0.29, 0.717) is 17.9 Å². The van der Waals surface area contributed by atoms with Crippen LogP contribution in [-0.2, 0) is 10.2 Å². The molecule has 0 radical (unpaired) electrons. The molecule has 1 aliphatic rings. The molecule has 0 fully saturated rings. The first-order valence-corrected chi connectivity index (χ1v) is 6.47. The van der Waals surface area contributed by atoms with Crippen molar-refractivity contribution in [3.8, 4) is 0 Å². The molecule has 15 heavy (non-hydrogen) atoms. The molecule has 2 nitrogen and oxygen atoms in total. The molecule has 0 saturated heterocycles. The van der Waals surface area contributed by atoms with Crippen molar-refractivity contribution in [2.75, 3.05) is 0 Å². The zero-order chi connectivity index (χ0) is 11.1. The lowest BCUT2D eigenvalue weighted by Gasteiger charge is -2.27.